The van der Waals surface area contributed by atoms with Crippen molar-refractivity contribution in [1.82, 2.24) is 10.2 Å². The maximum atomic E-state index is 12.1. The molecule has 0 aromatic carbocycles. The number of piperidine rings is 2. The lowest BCUT2D eigenvalue weighted by Crippen LogP contribution is -2.36. The highest BCUT2D eigenvalue weighted by atomic mass is 16.1. The molecule has 2 fully saturated rings. The molecule has 0 saturated carbocycles. The summed E-state index contributed by atoms with van der Waals surface area (Å²) in [6.45, 7) is 4.38. The van der Waals surface area contributed by atoms with Gasteiger partial charge in [0.2, 0.25) is 0 Å². The number of carbonyl (C=O) groups excluding carboxylic acids is 1. The first-order valence-electron chi connectivity index (χ1n) is 6.67. The summed E-state index contributed by atoms with van der Waals surface area (Å²) < 4.78 is 0. The Labute approximate surface area is 98.6 Å². The van der Waals surface area contributed by atoms with Gasteiger partial charge in [0.1, 0.15) is 5.78 Å². The molecule has 1 unspecified atom stereocenters. The number of nitrogens with zero attached hydrogens (tertiary/aromatic N) is 1. The zero-order valence-corrected chi connectivity index (χ0v) is 10.4. The molecule has 2 aliphatic heterocycles. The molecule has 0 aliphatic carbocycles. The molecule has 2 rings (SSSR count). The van der Waals surface area contributed by atoms with Gasteiger partial charge in [-0.05, 0) is 64.8 Å². The predicted octanol–water partition coefficient (Wildman–Crippen LogP) is 1.29. The third-order valence-corrected chi connectivity index (χ3v) is 4.06. The van der Waals surface area contributed by atoms with E-state index in [1.165, 1.54) is 12.8 Å². The van der Waals surface area contributed by atoms with Crippen molar-refractivity contribution < 1.29 is 4.79 Å². The summed E-state index contributed by atoms with van der Waals surface area (Å²) in [5, 5.41) is 3.39. The molecule has 0 aromatic rings. The van der Waals surface area contributed by atoms with E-state index >= 15 is 0 Å². The van der Waals surface area contributed by atoms with Gasteiger partial charge in [-0.15, -0.1) is 0 Å². The van der Waals surface area contributed by atoms with Gasteiger partial charge in [0.25, 0.3) is 0 Å². The first-order valence-corrected chi connectivity index (χ1v) is 6.67. The molecule has 0 radical (unpaired) electrons. The molecule has 3 heteroatoms. The topological polar surface area (TPSA) is 32.3 Å². The van der Waals surface area contributed by atoms with Crippen molar-refractivity contribution in [3.8, 4) is 0 Å². The van der Waals surface area contributed by atoms with Crippen molar-refractivity contribution in [1.29, 1.82) is 0 Å². The predicted molar refractivity (Wildman–Crippen MR) is 65.4 cm³/mol. The first kappa shape index (κ1) is 12.1. The fourth-order valence-electron chi connectivity index (χ4n) is 2.88. The maximum absolute atomic E-state index is 12.1. The van der Waals surface area contributed by atoms with Gasteiger partial charge in [-0.3, -0.25) is 4.79 Å². The van der Waals surface area contributed by atoms with Crippen LogP contribution in [-0.4, -0.2) is 43.9 Å². The van der Waals surface area contributed by atoms with Crippen LogP contribution in [0.2, 0.25) is 0 Å². The molecule has 0 amide bonds. The van der Waals surface area contributed by atoms with Crippen molar-refractivity contribution in [2.75, 3.05) is 33.2 Å². The van der Waals surface area contributed by atoms with Gasteiger partial charge in [0, 0.05) is 12.3 Å². The van der Waals surface area contributed by atoms with E-state index in [1.54, 1.807) is 0 Å². The average molecular weight is 224 g/mol. The van der Waals surface area contributed by atoms with E-state index < -0.39 is 0 Å². The van der Waals surface area contributed by atoms with Crippen molar-refractivity contribution in [2.45, 2.75) is 32.1 Å². The van der Waals surface area contributed by atoms with Gasteiger partial charge in [0.05, 0.1) is 0 Å². The maximum Gasteiger partial charge on any atom is 0.136 e. The van der Waals surface area contributed by atoms with Crippen molar-refractivity contribution in [3.05, 3.63) is 0 Å². The molecule has 0 spiro atoms. The molecule has 0 aromatic heterocycles. The Kier molecular flexibility index (Phi) is 4.36. The fraction of sp³-hybridized carbons (Fsp3) is 0.923. The summed E-state index contributed by atoms with van der Waals surface area (Å²) in [4.78, 5) is 14.5. The normalized spacial score (nSPS) is 29.2. The van der Waals surface area contributed by atoms with Crippen LogP contribution in [0.3, 0.4) is 0 Å². The van der Waals surface area contributed by atoms with E-state index in [1.807, 2.05) is 0 Å². The quantitative estimate of drug-likeness (QED) is 0.784. The lowest BCUT2D eigenvalue weighted by molar-refractivity contribution is -0.125. The third-order valence-electron chi connectivity index (χ3n) is 4.06. The zero-order chi connectivity index (χ0) is 11.4. The van der Waals surface area contributed by atoms with Gasteiger partial charge in [-0.1, -0.05) is 0 Å². The first-order chi connectivity index (χ1) is 7.75. The molecular weight excluding hydrogens is 200 g/mol. The Morgan fingerprint density at radius 1 is 1.31 bits per heavy atom. The standard InChI is InChI=1S/C13H24N2O/c1-15-7-4-12(5-8-15)13(16)9-11-3-2-6-14-10-11/h11-12,14H,2-10H2,1H3. The van der Waals surface area contributed by atoms with E-state index in [0.29, 0.717) is 17.6 Å². The molecule has 16 heavy (non-hydrogen) atoms. The highest BCUT2D eigenvalue weighted by Crippen LogP contribution is 2.22. The minimum absolute atomic E-state index is 0.359. The molecule has 2 saturated heterocycles. The Balaban J connectivity index is 1.74. The summed E-state index contributed by atoms with van der Waals surface area (Å²) in [6.07, 6.45) is 5.46. The van der Waals surface area contributed by atoms with Crippen LogP contribution in [0.15, 0.2) is 0 Å². The van der Waals surface area contributed by atoms with Crippen LogP contribution in [0.1, 0.15) is 32.1 Å². The van der Waals surface area contributed by atoms with Crippen LogP contribution in [0, 0.1) is 11.8 Å². The van der Waals surface area contributed by atoms with Gasteiger partial charge in [-0.2, -0.15) is 0 Å². The van der Waals surface area contributed by atoms with Gasteiger partial charge < -0.3 is 10.2 Å². The number of rotatable bonds is 3. The molecule has 2 heterocycles. The number of carbonyl (C=O) groups is 1. The Bertz CT molecular complexity index is 228. The van der Waals surface area contributed by atoms with Crippen molar-refractivity contribution >= 4 is 5.78 Å². The Morgan fingerprint density at radius 2 is 2.06 bits per heavy atom. The highest BCUT2D eigenvalue weighted by molar-refractivity contribution is 5.81. The Morgan fingerprint density at radius 3 is 2.69 bits per heavy atom. The third kappa shape index (κ3) is 3.29. The second-order valence-corrected chi connectivity index (χ2v) is 5.46. The summed E-state index contributed by atoms with van der Waals surface area (Å²) >= 11 is 0. The minimum atomic E-state index is 0.359. The van der Waals surface area contributed by atoms with Crippen LogP contribution in [0.5, 0.6) is 0 Å². The molecule has 3 nitrogen and oxygen atoms in total. The fourth-order valence-corrected chi connectivity index (χ4v) is 2.88. The summed E-state index contributed by atoms with van der Waals surface area (Å²) in [5.41, 5.74) is 0. The summed E-state index contributed by atoms with van der Waals surface area (Å²) in [7, 11) is 2.14. The highest BCUT2D eigenvalue weighted by Gasteiger charge is 2.25. The van der Waals surface area contributed by atoms with E-state index in [-0.39, 0.29) is 0 Å². The number of nitrogens with one attached hydrogen (secondary N) is 1. The molecular formula is C13H24N2O. The van der Waals surface area contributed by atoms with E-state index in [2.05, 4.69) is 17.3 Å². The summed E-state index contributed by atoms with van der Waals surface area (Å²) in [6, 6.07) is 0. The largest absolute Gasteiger partial charge is 0.316 e. The number of hydrogen-bond acceptors (Lipinski definition) is 3. The molecule has 1 N–H and O–H groups in total. The number of likely N-dealkylation sites (tertiary alicyclic amines) is 1. The second-order valence-electron chi connectivity index (χ2n) is 5.46. The van der Waals surface area contributed by atoms with Crippen molar-refractivity contribution in [2.24, 2.45) is 11.8 Å². The smallest absolute Gasteiger partial charge is 0.136 e. The van der Waals surface area contributed by atoms with Crippen LogP contribution in [0.25, 0.3) is 0 Å². The van der Waals surface area contributed by atoms with Crippen LogP contribution >= 0.6 is 0 Å². The van der Waals surface area contributed by atoms with Gasteiger partial charge >= 0.3 is 0 Å². The Hall–Kier alpha value is -0.410. The zero-order valence-electron chi connectivity index (χ0n) is 10.4. The second kappa shape index (κ2) is 5.78. The lowest BCUT2D eigenvalue weighted by atomic mass is 9.85. The van der Waals surface area contributed by atoms with Gasteiger partial charge in [-0.25, -0.2) is 0 Å². The number of hydrogen-bond donors (Lipinski definition) is 1. The van der Waals surface area contributed by atoms with E-state index in [9.17, 15) is 4.79 Å². The lowest BCUT2D eigenvalue weighted by Gasteiger charge is -2.29. The van der Waals surface area contributed by atoms with Crippen molar-refractivity contribution in [3.63, 3.8) is 0 Å². The molecule has 2 aliphatic rings. The average Bonchev–Trinajstić information content (AvgIpc) is 2.31. The minimum Gasteiger partial charge on any atom is -0.316 e. The monoisotopic (exact) mass is 224 g/mol. The SMILES string of the molecule is CN1CCC(C(=O)CC2CCCNC2)CC1. The van der Waals surface area contributed by atoms with E-state index in [4.69, 9.17) is 0 Å². The van der Waals surface area contributed by atoms with Crippen LogP contribution in [0.4, 0.5) is 0 Å². The summed E-state index contributed by atoms with van der Waals surface area (Å²) in [5.74, 6) is 1.50. The molecule has 0 bridgehead atoms. The van der Waals surface area contributed by atoms with Crippen LogP contribution in [-0.2, 0) is 4.79 Å². The number of ketones is 1. The molecule has 1 atom stereocenters. The van der Waals surface area contributed by atoms with E-state index in [0.717, 1.165) is 45.4 Å². The number of Topliss-reactive ketones (excluding diaryl/α,β-unsaturated/α-hetero) is 1. The van der Waals surface area contributed by atoms with Crippen LogP contribution < -0.4 is 5.32 Å². The van der Waals surface area contributed by atoms with Gasteiger partial charge in [0.15, 0.2) is 0 Å². The molecule has 92 valence electrons.